The molecule has 1 N–H and O–H groups in total. The van der Waals surface area contributed by atoms with Crippen LogP contribution in [0.1, 0.15) is 17.3 Å². The number of rotatable bonds is 3. The van der Waals surface area contributed by atoms with E-state index in [1.807, 2.05) is 30.3 Å². The van der Waals surface area contributed by atoms with Crippen LogP contribution in [0.4, 0.5) is 0 Å². The Morgan fingerprint density at radius 2 is 1.92 bits per heavy atom. The van der Waals surface area contributed by atoms with Crippen molar-refractivity contribution in [2.24, 2.45) is 0 Å². The highest BCUT2D eigenvalue weighted by Gasteiger charge is 2.13. The minimum atomic E-state index is -0.421. The summed E-state index contributed by atoms with van der Waals surface area (Å²) >= 11 is 0. The number of carbonyl (C=O) groups is 1. The van der Waals surface area contributed by atoms with E-state index >= 15 is 0 Å². The molecular formula is C19H15N3O3. The van der Waals surface area contributed by atoms with Crippen LogP contribution in [-0.4, -0.2) is 27.2 Å². The lowest BCUT2D eigenvalue weighted by Gasteiger charge is -2.05. The molecule has 2 aromatic heterocycles. The molecule has 0 radical (unpaired) electrons. The number of ether oxygens (including phenoxy) is 1. The number of benzene rings is 2. The molecule has 2 heterocycles. The Morgan fingerprint density at radius 3 is 2.68 bits per heavy atom. The molecule has 6 heteroatoms. The summed E-state index contributed by atoms with van der Waals surface area (Å²) in [5, 5.41) is 4.56. The molecule has 2 aromatic carbocycles. The Bertz CT molecular complexity index is 1140. The second-order valence-corrected chi connectivity index (χ2v) is 5.60. The predicted octanol–water partition coefficient (Wildman–Crippen LogP) is 3.02. The van der Waals surface area contributed by atoms with E-state index in [0.717, 1.165) is 5.56 Å². The maximum atomic E-state index is 12.4. The van der Waals surface area contributed by atoms with Crippen LogP contribution in [0.2, 0.25) is 0 Å². The molecule has 4 rings (SSSR count). The van der Waals surface area contributed by atoms with Crippen LogP contribution in [0.5, 0.6) is 0 Å². The fourth-order valence-electron chi connectivity index (χ4n) is 2.83. The summed E-state index contributed by atoms with van der Waals surface area (Å²) < 4.78 is 6.61. The zero-order chi connectivity index (χ0) is 17.4. The van der Waals surface area contributed by atoms with E-state index < -0.39 is 5.97 Å². The van der Waals surface area contributed by atoms with Crippen molar-refractivity contribution in [1.82, 2.24) is 14.6 Å². The molecule has 124 valence electrons. The van der Waals surface area contributed by atoms with E-state index in [-0.39, 0.29) is 5.56 Å². The highest BCUT2D eigenvalue weighted by molar-refractivity contribution is 5.94. The van der Waals surface area contributed by atoms with Gasteiger partial charge in [-0.05, 0) is 31.2 Å². The molecule has 0 aliphatic carbocycles. The summed E-state index contributed by atoms with van der Waals surface area (Å²) in [6, 6.07) is 16.5. The molecule has 6 nitrogen and oxygen atoms in total. The number of fused-ring (bicyclic) bond motifs is 3. The van der Waals surface area contributed by atoms with Gasteiger partial charge in [-0.2, -0.15) is 5.10 Å². The first kappa shape index (κ1) is 15.1. The van der Waals surface area contributed by atoms with Crippen molar-refractivity contribution in [3.63, 3.8) is 0 Å². The zero-order valence-electron chi connectivity index (χ0n) is 13.5. The summed E-state index contributed by atoms with van der Waals surface area (Å²) in [6.07, 6.45) is 0. The van der Waals surface area contributed by atoms with Gasteiger partial charge in [0.1, 0.15) is 5.52 Å². The van der Waals surface area contributed by atoms with Crippen molar-refractivity contribution in [1.29, 1.82) is 0 Å². The third-order valence-electron chi connectivity index (χ3n) is 4.00. The number of hydrogen-bond donors (Lipinski definition) is 1. The largest absolute Gasteiger partial charge is 0.462 e. The Balaban J connectivity index is 1.93. The number of nitrogens with zero attached hydrogens (tertiary/aromatic N) is 2. The van der Waals surface area contributed by atoms with Gasteiger partial charge in [-0.25, -0.2) is 9.31 Å². The Labute approximate surface area is 142 Å². The molecule has 0 saturated heterocycles. The molecule has 0 aliphatic rings. The predicted molar refractivity (Wildman–Crippen MR) is 94.7 cm³/mol. The Kier molecular flexibility index (Phi) is 3.57. The van der Waals surface area contributed by atoms with Gasteiger partial charge in [-0.1, -0.05) is 30.3 Å². The van der Waals surface area contributed by atoms with Gasteiger partial charge in [0.2, 0.25) is 0 Å². The average Bonchev–Trinajstić information content (AvgIpc) is 3.08. The van der Waals surface area contributed by atoms with E-state index in [1.54, 1.807) is 35.7 Å². The first-order valence-electron chi connectivity index (χ1n) is 7.96. The molecule has 0 bridgehead atoms. The maximum absolute atomic E-state index is 12.4. The van der Waals surface area contributed by atoms with Crippen LogP contribution in [0.25, 0.3) is 27.8 Å². The van der Waals surface area contributed by atoms with Gasteiger partial charge in [0.15, 0.2) is 0 Å². The van der Waals surface area contributed by atoms with Crippen LogP contribution >= 0.6 is 0 Å². The van der Waals surface area contributed by atoms with Crippen molar-refractivity contribution in [3.8, 4) is 11.3 Å². The lowest BCUT2D eigenvalue weighted by molar-refractivity contribution is 0.0526. The second kappa shape index (κ2) is 5.90. The molecule has 0 unspecified atom stereocenters. The summed E-state index contributed by atoms with van der Waals surface area (Å²) in [7, 11) is 0. The highest BCUT2D eigenvalue weighted by Crippen LogP contribution is 2.21. The lowest BCUT2D eigenvalue weighted by Crippen LogP contribution is -2.11. The standard InChI is InChI=1S/C19H15N3O3/c1-2-25-19(24)13-8-9-16-15(10-13)20-18(23)17-11-14(21-22(16)17)12-6-4-3-5-7-12/h3-11H,2H2,1H3,(H,20,23). The maximum Gasteiger partial charge on any atom is 0.338 e. The van der Waals surface area contributed by atoms with Crippen molar-refractivity contribution in [3.05, 3.63) is 70.5 Å². The minimum absolute atomic E-state index is 0.261. The number of esters is 1. The van der Waals surface area contributed by atoms with Crippen molar-refractivity contribution in [2.45, 2.75) is 6.92 Å². The highest BCUT2D eigenvalue weighted by atomic mass is 16.5. The minimum Gasteiger partial charge on any atom is -0.462 e. The third-order valence-corrected chi connectivity index (χ3v) is 4.00. The summed E-state index contributed by atoms with van der Waals surface area (Å²) in [5.41, 5.74) is 3.48. The number of aromatic nitrogens is 3. The van der Waals surface area contributed by atoms with Crippen LogP contribution in [0, 0.1) is 0 Å². The molecule has 0 amide bonds. The van der Waals surface area contributed by atoms with E-state index in [9.17, 15) is 9.59 Å². The van der Waals surface area contributed by atoms with E-state index in [0.29, 0.717) is 34.4 Å². The van der Waals surface area contributed by atoms with Gasteiger partial charge in [0, 0.05) is 5.56 Å². The number of nitrogens with one attached hydrogen (secondary N) is 1. The van der Waals surface area contributed by atoms with Crippen LogP contribution in [-0.2, 0) is 4.74 Å². The molecular weight excluding hydrogens is 318 g/mol. The van der Waals surface area contributed by atoms with Gasteiger partial charge >= 0.3 is 5.97 Å². The molecule has 0 atom stereocenters. The van der Waals surface area contributed by atoms with Crippen LogP contribution in [0.3, 0.4) is 0 Å². The summed E-state index contributed by atoms with van der Waals surface area (Å²) in [5.74, 6) is -0.421. The normalized spacial score (nSPS) is 11.1. The van der Waals surface area contributed by atoms with Crippen molar-refractivity contribution >= 4 is 22.5 Å². The zero-order valence-corrected chi connectivity index (χ0v) is 13.5. The van der Waals surface area contributed by atoms with E-state index in [1.165, 1.54) is 0 Å². The smallest absolute Gasteiger partial charge is 0.338 e. The van der Waals surface area contributed by atoms with Crippen LogP contribution in [0.15, 0.2) is 59.4 Å². The van der Waals surface area contributed by atoms with Gasteiger partial charge < -0.3 is 9.72 Å². The number of H-pyrrole nitrogens is 1. The number of carbonyl (C=O) groups excluding carboxylic acids is 1. The summed E-state index contributed by atoms with van der Waals surface area (Å²) in [4.78, 5) is 27.1. The SMILES string of the molecule is CCOC(=O)c1ccc2c(c1)[nH]c(=O)c1cc(-c3ccccc3)nn12. The van der Waals surface area contributed by atoms with Crippen molar-refractivity contribution in [2.75, 3.05) is 6.61 Å². The first-order valence-corrected chi connectivity index (χ1v) is 7.96. The van der Waals surface area contributed by atoms with Crippen molar-refractivity contribution < 1.29 is 9.53 Å². The van der Waals surface area contributed by atoms with Gasteiger partial charge in [0.25, 0.3) is 5.56 Å². The molecule has 25 heavy (non-hydrogen) atoms. The molecule has 0 spiro atoms. The van der Waals surface area contributed by atoms with Gasteiger partial charge in [-0.3, -0.25) is 4.79 Å². The number of aromatic amines is 1. The monoisotopic (exact) mass is 333 g/mol. The van der Waals surface area contributed by atoms with Crippen LogP contribution < -0.4 is 5.56 Å². The van der Waals surface area contributed by atoms with E-state index in [2.05, 4.69) is 10.1 Å². The average molecular weight is 333 g/mol. The molecule has 0 saturated carbocycles. The number of hydrogen-bond acceptors (Lipinski definition) is 4. The van der Waals surface area contributed by atoms with Gasteiger partial charge in [-0.15, -0.1) is 0 Å². The molecule has 0 fully saturated rings. The molecule has 0 aliphatic heterocycles. The third kappa shape index (κ3) is 2.57. The lowest BCUT2D eigenvalue weighted by atomic mass is 10.1. The van der Waals surface area contributed by atoms with Gasteiger partial charge in [0.05, 0.1) is 28.9 Å². The topological polar surface area (TPSA) is 76.5 Å². The Hall–Kier alpha value is -3.41. The quantitative estimate of drug-likeness (QED) is 0.585. The summed E-state index contributed by atoms with van der Waals surface area (Å²) in [6.45, 7) is 2.05. The fourth-order valence-corrected chi connectivity index (χ4v) is 2.83. The fraction of sp³-hybridized carbons (Fsp3) is 0.105. The molecule has 4 aromatic rings. The Morgan fingerprint density at radius 1 is 1.12 bits per heavy atom. The second-order valence-electron chi connectivity index (χ2n) is 5.60. The first-order chi connectivity index (χ1) is 12.2. The van der Waals surface area contributed by atoms with E-state index in [4.69, 9.17) is 4.74 Å².